The molecule has 0 amide bonds. The number of aliphatic imine (C=N–C) groups is 1. The Hall–Kier alpha value is -1.40. The molecule has 0 radical (unpaired) electrons. The maximum atomic E-state index is 10.4. The largest absolute Gasteiger partial charge is 0.234 e. The van der Waals surface area contributed by atoms with Gasteiger partial charge in [0.15, 0.2) is 0 Å². The van der Waals surface area contributed by atoms with E-state index in [2.05, 4.69) is 64.7 Å². The fourth-order valence-electron chi connectivity index (χ4n) is 2.31. The first-order chi connectivity index (χ1) is 8.77. The van der Waals surface area contributed by atoms with Crippen molar-refractivity contribution in [2.24, 2.45) is 10.9 Å². The molecule has 0 saturated carbocycles. The molecule has 0 saturated heterocycles. The minimum atomic E-state index is 0.137. The van der Waals surface area contributed by atoms with E-state index in [1.807, 2.05) is 0 Å². The van der Waals surface area contributed by atoms with E-state index in [1.165, 1.54) is 16.7 Å². The van der Waals surface area contributed by atoms with E-state index in [0.29, 0.717) is 12.5 Å². The molecule has 104 valence electrons. The van der Waals surface area contributed by atoms with Crippen LogP contribution in [0.4, 0.5) is 0 Å². The van der Waals surface area contributed by atoms with Gasteiger partial charge in [-0.2, -0.15) is 0 Å². The topological polar surface area (TPSA) is 29.4 Å². The lowest BCUT2D eigenvalue weighted by Gasteiger charge is -2.25. The first-order valence-electron chi connectivity index (χ1n) is 6.92. The van der Waals surface area contributed by atoms with Gasteiger partial charge in [-0.1, -0.05) is 52.8 Å². The maximum Gasteiger partial charge on any atom is 0.234 e. The summed E-state index contributed by atoms with van der Waals surface area (Å²) in [5.74, 6) is 0.731. The van der Waals surface area contributed by atoms with Crippen molar-refractivity contribution in [3.8, 4) is 0 Å². The van der Waals surface area contributed by atoms with Gasteiger partial charge in [0, 0.05) is 5.92 Å². The quantitative estimate of drug-likeness (QED) is 0.583. The molecule has 1 rings (SSSR count). The van der Waals surface area contributed by atoms with Crippen LogP contribution in [0.2, 0.25) is 0 Å². The van der Waals surface area contributed by atoms with Crippen molar-refractivity contribution in [3.05, 3.63) is 34.9 Å². The molecule has 2 nitrogen and oxygen atoms in total. The molecule has 0 N–H and O–H groups in total. The SMILES string of the molecule is Cc1ccc(C(C)(C)C)cc1C(CN=C=O)C(C)C. The first-order valence-corrected chi connectivity index (χ1v) is 6.92. The molecule has 0 fully saturated rings. The highest BCUT2D eigenvalue weighted by Gasteiger charge is 2.21. The summed E-state index contributed by atoms with van der Waals surface area (Å²) in [6, 6.07) is 6.65. The summed E-state index contributed by atoms with van der Waals surface area (Å²) < 4.78 is 0. The number of rotatable bonds is 4. The Labute approximate surface area is 117 Å². The van der Waals surface area contributed by atoms with E-state index >= 15 is 0 Å². The Balaban J connectivity index is 3.25. The maximum absolute atomic E-state index is 10.4. The average Bonchev–Trinajstić information content (AvgIpc) is 2.29. The molecule has 0 spiro atoms. The van der Waals surface area contributed by atoms with Crippen LogP contribution in [0.3, 0.4) is 0 Å². The molecule has 1 unspecified atom stereocenters. The number of aryl methyl sites for hydroxylation is 1. The number of hydrogen-bond donors (Lipinski definition) is 0. The van der Waals surface area contributed by atoms with Crippen LogP contribution in [-0.2, 0) is 10.2 Å². The van der Waals surface area contributed by atoms with Crippen molar-refractivity contribution in [2.75, 3.05) is 6.54 Å². The van der Waals surface area contributed by atoms with Crippen molar-refractivity contribution in [1.82, 2.24) is 0 Å². The van der Waals surface area contributed by atoms with Gasteiger partial charge in [0.2, 0.25) is 6.08 Å². The number of benzene rings is 1. The molecule has 0 bridgehead atoms. The minimum absolute atomic E-state index is 0.137. The van der Waals surface area contributed by atoms with Gasteiger partial charge in [-0.05, 0) is 34.9 Å². The van der Waals surface area contributed by atoms with E-state index < -0.39 is 0 Å². The molecule has 1 aromatic carbocycles. The van der Waals surface area contributed by atoms with Gasteiger partial charge < -0.3 is 0 Å². The predicted molar refractivity (Wildman–Crippen MR) is 80.4 cm³/mol. The van der Waals surface area contributed by atoms with Crippen molar-refractivity contribution < 1.29 is 4.79 Å². The summed E-state index contributed by atoms with van der Waals surface area (Å²) in [6.07, 6.45) is 1.66. The third-order valence-electron chi connectivity index (χ3n) is 3.70. The van der Waals surface area contributed by atoms with E-state index in [0.717, 1.165) is 0 Å². The summed E-state index contributed by atoms with van der Waals surface area (Å²) in [5, 5.41) is 0. The Morgan fingerprint density at radius 2 is 1.89 bits per heavy atom. The first kappa shape index (κ1) is 15.7. The van der Waals surface area contributed by atoms with Crippen LogP contribution in [0.5, 0.6) is 0 Å². The second kappa shape index (κ2) is 6.16. The Morgan fingerprint density at radius 1 is 1.26 bits per heavy atom. The van der Waals surface area contributed by atoms with Gasteiger partial charge in [0.25, 0.3) is 0 Å². The van der Waals surface area contributed by atoms with Gasteiger partial charge in [0.1, 0.15) is 0 Å². The zero-order chi connectivity index (χ0) is 14.6. The second-order valence-corrected chi connectivity index (χ2v) is 6.60. The molecule has 0 aliphatic heterocycles. The van der Waals surface area contributed by atoms with Crippen LogP contribution in [0.1, 0.15) is 57.2 Å². The molecule has 0 heterocycles. The van der Waals surface area contributed by atoms with Crippen molar-refractivity contribution in [1.29, 1.82) is 0 Å². The fraction of sp³-hybridized carbons (Fsp3) is 0.588. The van der Waals surface area contributed by atoms with Crippen LogP contribution in [0, 0.1) is 12.8 Å². The average molecular weight is 259 g/mol. The van der Waals surface area contributed by atoms with Gasteiger partial charge in [-0.15, -0.1) is 0 Å². The number of nitrogens with zero attached hydrogens (tertiary/aromatic N) is 1. The Kier molecular flexibility index (Phi) is 5.08. The molecular weight excluding hydrogens is 234 g/mol. The predicted octanol–water partition coefficient (Wildman–Crippen LogP) is 4.37. The monoisotopic (exact) mass is 259 g/mol. The van der Waals surface area contributed by atoms with Gasteiger partial charge in [-0.25, -0.2) is 9.79 Å². The minimum Gasteiger partial charge on any atom is -0.211 e. The molecule has 0 aliphatic carbocycles. The fourth-order valence-corrected chi connectivity index (χ4v) is 2.31. The van der Waals surface area contributed by atoms with Crippen LogP contribution < -0.4 is 0 Å². The molecule has 19 heavy (non-hydrogen) atoms. The van der Waals surface area contributed by atoms with Gasteiger partial charge >= 0.3 is 0 Å². The van der Waals surface area contributed by atoms with Crippen molar-refractivity contribution in [3.63, 3.8) is 0 Å². The van der Waals surface area contributed by atoms with Crippen LogP contribution in [-0.4, -0.2) is 12.6 Å². The van der Waals surface area contributed by atoms with Crippen LogP contribution in [0.15, 0.2) is 23.2 Å². The van der Waals surface area contributed by atoms with E-state index in [9.17, 15) is 4.79 Å². The van der Waals surface area contributed by atoms with E-state index in [-0.39, 0.29) is 11.3 Å². The second-order valence-electron chi connectivity index (χ2n) is 6.60. The lowest BCUT2D eigenvalue weighted by Crippen LogP contribution is -2.16. The highest BCUT2D eigenvalue weighted by atomic mass is 16.1. The standard InChI is InChI=1S/C17H25NO/c1-12(2)16(10-18-11-19)15-9-14(17(4,5)6)8-7-13(15)3/h7-9,12,16H,10H2,1-6H3. The molecule has 1 aromatic rings. The smallest absolute Gasteiger partial charge is 0.211 e. The zero-order valence-electron chi connectivity index (χ0n) is 12.9. The number of isocyanates is 1. The summed E-state index contributed by atoms with van der Waals surface area (Å²) in [5.41, 5.74) is 4.04. The highest BCUT2D eigenvalue weighted by molar-refractivity contribution is 5.38. The lowest BCUT2D eigenvalue weighted by atomic mass is 9.80. The van der Waals surface area contributed by atoms with Crippen molar-refractivity contribution in [2.45, 2.75) is 52.9 Å². The summed E-state index contributed by atoms with van der Waals surface area (Å²) in [6.45, 7) is 13.7. The highest BCUT2D eigenvalue weighted by Crippen LogP contribution is 2.32. The molecule has 1 atom stereocenters. The Bertz CT molecular complexity index is 477. The van der Waals surface area contributed by atoms with E-state index in [1.54, 1.807) is 6.08 Å². The Morgan fingerprint density at radius 3 is 2.37 bits per heavy atom. The third kappa shape index (κ3) is 4.04. The molecule has 0 aliphatic rings. The van der Waals surface area contributed by atoms with Gasteiger partial charge in [0.05, 0.1) is 6.54 Å². The van der Waals surface area contributed by atoms with E-state index in [4.69, 9.17) is 0 Å². The number of hydrogen-bond acceptors (Lipinski definition) is 2. The molecule has 2 heteroatoms. The zero-order valence-corrected chi connectivity index (χ0v) is 12.9. The van der Waals surface area contributed by atoms with Crippen LogP contribution in [0.25, 0.3) is 0 Å². The van der Waals surface area contributed by atoms with Crippen LogP contribution >= 0.6 is 0 Å². The third-order valence-corrected chi connectivity index (χ3v) is 3.70. The van der Waals surface area contributed by atoms with Gasteiger partial charge in [-0.3, -0.25) is 0 Å². The number of carbonyl (C=O) groups excluding carboxylic acids is 1. The molecular formula is C17H25NO. The lowest BCUT2D eigenvalue weighted by molar-refractivity contribution is 0.498. The summed E-state index contributed by atoms with van der Waals surface area (Å²) in [4.78, 5) is 14.2. The normalized spacial score (nSPS) is 13.2. The summed E-state index contributed by atoms with van der Waals surface area (Å²) in [7, 11) is 0. The van der Waals surface area contributed by atoms with Crippen molar-refractivity contribution >= 4 is 6.08 Å². The molecule has 0 aromatic heterocycles. The summed E-state index contributed by atoms with van der Waals surface area (Å²) >= 11 is 0.